The Morgan fingerprint density at radius 1 is 1.18 bits per heavy atom. The number of sulfone groups is 1. The first-order valence-electron chi connectivity index (χ1n) is 6.96. The fourth-order valence-electron chi connectivity index (χ4n) is 2.03. The molecule has 0 saturated heterocycles. The Balaban J connectivity index is 2.83. The Hall–Kier alpha value is -1.89. The van der Waals surface area contributed by atoms with E-state index in [9.17, 15) is 18.0 Å². The highest BCUT2D eigenvalue weighted by Crippen LogP contribution is 2.13. The fraction of sp³-hybridized carbons (Fsp3) is 0.467. The number of hydrogen-bond acceptors (Lipinski definition) is 4. The molecule has 0 heterocycles. The first kappa shape index (κ1) is 18.2. The van der Waals surface area contributed by atoms with Gasteiger partial charge in [0, 0.05) is 6.04 Å². The molecule has 0 saturated carbocycles. The number of carboxylic acid groups (broad SMARTS) is 1. The molecular formula is C15H21NO5S. The standard InChI is InChI=1S/C15H21NO5S/c1-11(2)16-15(19)13(8-14(17)18)10-22(20,21)9-12-6-4-3-5-7-12/h3-7,11,13H,8-10H2,1-2H3,(H,16,19)(H,17,18). The molecule has 0 aromatic heterocycles. The van der Waals surface area contributed by atoms with Crippen molar-refractivity contribution in [3.8, 4) is 0 Å². The monoisotopic (exact) mass is 327 g/mol. The maximum atomic E-state index is 12.2. The van der Waals surface area contributed by atoms with Crippen molar-refractivity contribution in [3.05, 3.63) is 35.9 Å². The van der Waals surface area contributed by atoms with Crippen LogP contribution in [-0.4, -0.2) is 37.2 Å². The molecule has 0 spiro atoms. The lowest BCUT2D eigenvalue weighted by molar-refractivity contribution is -0.140. The van der Waals surface area contributed by atoms with Crippen LogP contribution in [0.15, 0.2) is 30.3 Å². The summed E-state index contributed by atoms with van der Waals surface area (Å²) >= 11 is 0. The normalized spacial score (nSPS) is 12.9. The summed E-state index contributed by atoms with van der Waals surface area (Å²) in [7, 11) is -3.58. The molecule has 2 N–H and O–H groups in total. The van der Waals surface area contributed by atoms with Gasteiger partial charge >= 0.3 is 5.97 Å². The summed E-state index contributed by atoms with van der Waals surface area (Å²) < 4.78 is 24.4. The minimum atomic E-state index is -3.58. The number of benzene rings is 1. The van der Waals surface area contributed by atoms with Crippen molar-refractivity contribution in [1.82, 2.24) is 5.32 Å². The van der Waals surface area contributed by atoms with E-state index >= 15 is 0 Å². The van der Waals surface area contributed by atoms with Gasteiger partial charge in [-0.25, -0.2) is 8.42 Å². The third kappa shape index (κ3) is 6.71. The maximum Gasteiger partial charge on any atom is 0.304 e. The van der Waals surface area contributed by atoms with Gasteiger partial charge < -0.3 is 10.4 Å². The van der Waals surface area contributed by atoms with Crippen molar-refractivity contribution in [2.45, 2.75) is 32.1 Å². The Bertz CT molecular complexity index is 610. The molecule has 1 atom stereocenters. The van der Waals surface area contributed by atoms with E-state index in [1.54, 1.807) is 44.2 Å². The van der Waals surface area contributed by atoms with E-state index in [1.807, 2.05) is 0 Å². The van der Waals surface area contributed by atoms with Crippen LogP contribution in [0.25, 0.3) is 0 Å². The number of carboxylic acids is 1. The summed E-state index contributed by atoms with van der Waals surface area (Å²) in [5.41, 5.74) is 0.612. The quantitative estimate of drug-likeness (QED) is 0.747. The van der Waals surface area contributed by atoms with Gasteiger partial charge in [0.15, 0.2) is 9.84 Å². The Morgan fingerprint density at radius 3 is 2.27 bits per heavy atom. The van der Waals surface area contributed by atoms with E-state index in [2.05, 4.69) is 5.32 Å². The van der Waals surface area contributed by atoms with Gasteiger partial charge in [-0.3, -0.25) is 9.59 Å². The molecule has 1 amide bonds. The summed E-state index contributed by atoms with van der Waals surface area (Å²) in [6.07, 6.45) is -0.507. The summed E-state index contributed by atoms with van der Waals surface area (Å²) in [5, 5.41) is 11.4. The van der Waals surface area contributed by atoms with E-state index in [1.165, 1.54) is 0 Å². The number of amides is 1. The largest absolute Gasteiger partial charge is 0.481 e. The number of nitrogens with one attached hydrogen (secondary N) is 1. The fourth-order valence-corrected chi connectivity index (χ4v) is 3.73. The molecule has 1 unspecified atom stereocenters. The van der Waals surface area contributed by atoms with Gasteiger partial charge in [0.05, 0.1) is 23.8 Å². The number of carbonyl (C=O) groups excluding carboxylic acids is 1. The second-order valence-corrected chi connectivity index (χ2v) is 7.61. The summed E-state index contributed by atoms with van der Waals surface area (Å²) in [4.78, 5) is 22.8. The van der Waals surface area contributed by atoms with Crippen molar-refractivity contribution in [3.63, 3.8) is 0 Å². The van der Waals surface area contributed by atoms with Gasteiger partial charge in [0.1, 0.15) is 0 Å². The van der Waals surface area contributed by atoms with E-state index in [-0.39, 0.29) is 11.8 Å². The van der Waals surface area contributed by atoms with Gasteiger partial charge in [-0.1, -0.05) is 30.3 Å². The molecule has 0 bridgehead atoms. The van der Waals surface area contributed by atoms with Gasteiger partial charge in [0.2, 0.25) is 5.91 Å². The van der Waals surface area contributed by atoms with Gasteiger partial charge in [-0.05, 0) is 19.4 Å². The van der Waals surface area contributed by atoms with Crippen molar-refractivity contribution >= 4 is 21.7 Å². The minimum Gasteiger partial charge on any atom is -0.481 e. The molecule has 6 nitrogen and oxygen atoms in total. The van der Waals surface area contributed by atoms with Crippen molar-refractivity contribution in [2.75, 3.05) is 5.75 Å². The molecule has 1 rings (SSSR count). The molecule has 1 aromatic rings. The zero-order valence-electron chi connectivity index (χ0n) is 12.7. The van der Waals surface area contributed by atoms with Crippen LogP contribution in [0, 0.1) is 5.92 Å². The van der Waals surface area contributed by atoms with Gasteiger partial charge in [0.25, 0.3) is 0 Å². The van der Waals surface area contributed by atoms with Crippen LogP contribution in [0.4, 0.5) is 0 Å². The number of rotatable bonds is 8. The Morgan fingerprint density at radius 2 is 1.77 bits per heavy atom. The number of aliphatic carboxylic acids is 1. The summed E-state index contributed by atoms with van der Waals surface area (Å²) in [6, 6.07) is 8.41. The Kier molecular flexibility index (Phi) is 6.55. The van der Waals surface area contributed by atoms with Crippen molar-refractivity contribution < 1.29 is 23.1 Å². The first-order chi connectivity index (χ1) is 10.2. The highest BCUT2D eigenvalue weighted by Gasteiger charge is 2.28. The van der Waals surface area contributed by atoms with Crippen LogP contribution in [0.1, 0.15) is 25.8 Å². The van der Waals surface area contributed by atoms with Gasteiger partial charge in [-0.2, -0.15) is 0 Å². The third-order valence-corrected chi connectivity index (χ3v) is 4.59. The van der Waals surface area contributed by atoms with Crippen LogP contribution in [0.3, 0.4) is 0 Å². The van der Waals surface area contributed by atoms with E-state index in [0.717, 1.165) is 0 Å². The van der Waals surface area contributed by atoms with Crippen molar-refractivity contribution in [2.24, 2.45) is 5.92 Å². The zero-order valence-corrected chi connectivity index (χ0v) is 13.5. The topological polar surface area (TPSA) is 101 Å². The lowest BCUT2D eigenvalue weighted by Crippen LogP contribution is -2.39. The van der Waals surface area contributed by atoms with Crippen LogP contribution >= 0.6 is 0 Å². The molecular weight excluding hydrogens is 306 g/mol. The summed E-state index contributed by atoms with van der Waals surface area (Å²) in [6.45, 7) is 3.46. The SMILES string of the molecule is CC(C)NC(=O)C(CC(=O)O)CS(=O)(=O)Cc1ccccc1. The predicted octanol–water partition coefficient (Wildman–Crippen LogP) is 1.22. The van der Waals surface area contributed by atoms with Crippen LogP contribution in [0.5, 0.6) is 0 Å². The first-order valence-corrected chi connectivity index (χ1v) is 8.78. The van der Waals surface area contributed by atoms with Crippen molar-refractivity contribution in [1.29, 1.82) is 0 Å². The molecule has 0 aliphatic carbocycles. The smallest absolute Gasteiger partial charge is 0.304 e. The Labute approximate surface area is 130 Å². The highest BCUT2D eigenvalue weighted by molar-refractivity contribution is 7.90. The second-order valence-electron chi connectivity index (χ2n) is 5.50. The molecule has 0 aliphatic rings. The van der Waals surface area contributed by atoms with E-state index in [4.69, 9.17) is 5.11 Å². The lowest BCUT2D eigenvalue weighted by Gasteiger charge is -2.17. The second kappa shape index (κ2) is 7.93. The molecule has 0 radical (unpaired) electrons. The molecule has 122 valence electrons. The average Bonchev–Trinajstić information content (AvgIpc) is 2.36. The maximum absolute atomic E-state index is 12.2. The molecule has 0 aliphatic heterocycles. The van der Waals surface area contributed by atoms with Crippen LogP contribution < -0.4 is 5.32 Å². The van der Waals surface area contributed by atoms with E-state index in [0.29, 0.717) is 5.56 Å². The van der Waals surface area contributed by atoms with E-state index < -0.39 is 39.8 Å². The zero-order chi connectivity index (χ0) is 16.8. The molecule has 7 heteroatoms. The van der Waals surface area contributed by atoms with Gasteiger partial charge in [-0.15, -0.1) is 0 Å². The van der Waals surface area contributed by atoms with Crippen LogP contribution in [0.2, 0.25) is 0 Å². The predicted molar refractivity (Wildman–Crippen MR) is 83.0 cm³/mol. The summed E-state index contributed by atoms with van der Waals surface area (Å²) in [5.74, 6) is -3.52. The number of carbonyl (C=O) groups is 2. The average molecular weight is 327 g/mol. The molecule has 22 heavy (non-hydrogen) atoms. The van der Waals surface area contributed by atoms with Crippen LogP contribution in [-0.2, 0) is 25.2 Å². The minimum absolute atomic E-state index is 0.180. The lowest BCUT2D eigenvalue weighted by atomic mass is 10.1. The molecule has 0 fully saturated rings. The highest BCUT2D eigenvalue weighted by atomic mass is 32.2. The number of hydrogen-bond donors (Lipinski definition) is 2. The molecule has 1 aromatic carbocycles. The third-order valence-electron chi connectivity index (χ3n) is 2.91.